The third kappa shape index (κ3) is 2.90. The largest absolute Gasteiger partial charge is 0.356 e. The summed E-state index contributed by atoms with van der Waals surface area (Å²) in [6.07, 6.45) is 3.45. The van der Waals surface area contributed by atoms with Crippen molar-refractivity contribution in [1.82, 2.24) is 19.1 Å². The molecule has 3 heterocycles. The van der Waals surface area contributed by atoms with E-state index < -0.39 is 10.0 Å². The van der Waals surface area contributed by atoms with Gasteiger partial charge in [-0.05, 0) is 26.0 Å². The van der Waals surface area contributed by atoms with Gasteiger partial charge in [0.25, 0.3) is 5.91 Å². The van der Waals surface area contributed by atoms with Crippen LogP contribution in [0.3, 0.4) is 0 Å². The van der Waals surface area contributed by atoms with E-state index in [1.54, 1.807) is 4.90 Å². The Bertz CT molecular complexity index is 641. The molecule has 1 amide bonds. The van der Waals surface area contributed by atoms with Crippen LogP contribution in [-0.4, -0.2) is 79.7 Å². The van der Waals surface area contributed by atoms with E-state index in [1.165, 1.54) is 16.6 Å². The maximum Gasteiger partial charge on any atom is 0.270 e. The van der Waals surface area contributed by atoms with Gasteiger partial charge in [0.15, 0.2) is 0 Å². The fraction of sp³-hybridized carbons (Fsp3) is 0.643. The molecule has 1 aromatic rings. The highest BCUT2D eigenvalue weighted by Gasteiger charge is 2.29. The van der Waals surface area contributed by atoms with Crippen LogP contribution in [0.15, 0.2) is 17.2 Å². The van der Waals surface area contributed by atoms with Crippen LogP contribution in [-0.2, 0) is 10.0 Å². The summed E-state index contributed by atoms with van der Waals surface area (Å²) in [6, 6.07) is 1.47. The number of carbonyl (C=O) groups excluding carboxylic acids is 1. The first-order valence-corrected chi connectivity index (χ1v) is 9.09. The average Bonchev–Trinajstić information content (AvgIpc) is 3.19. The number of hydrogen-bond donors (Lipinski definition) is 1. The third-order valence-corrected chi connectivity index (χ3v) is 6.26. The zero-order valence-corrected chi connectivity index (χ0v) is 13.6. The molecule has 0 radical (unpaired) electrons. The van der Waals surface area contributed by atoms with E-state index in [0.717, 1.165) is 39.0 Å². The van der Waals surface area contributed by atoms with E-state index in [1.807, 2.05) is 7.05 Å². The second-order valence-corrected chi connectivity index (χ2v) is 7.89. The number of nitrogens with one attached hydrogen (secondary N) is 1. The number of rotatable bonds is 3. The van der Waals surface area contributed by atoms with Gasteiger partial charge in [0.1, 0.15) is 10.6 Å². The van der Waals surface area contributed by atoms with Gasteiger partial charge in [-0.15, -0.1) is 0 Å². The number of H-pyrrole nitrogens is 1. The lowest BCUT2D eigenvalue weighted by molar-refractivity contribution is 0.0787. The number of piperazine rings is 1. The highest BCUT2D eigenvalue weighted by Crippen LogP contribution is 2.20. The number of nitrogens with zero attached hydrogens (tertiary/aromatic N) is 3. The van der Waals surface area contributed by atoms with Crippen molar-refractivity contribution >= 4 is 15.9 Å². The van der Waals surface area contributed by atoms with E-state index in [9.17, 15) is 13.2 Å². The summed E-state index contributed by atoms with van der Waals surface area (Å²) < 4.78 is 26.7. The van der Waals surface area contributed by atoms with Crippen LogP contribution >= 0.6 is 0 Å². The minimum absolute atomic E-state index is 0.114. The van der Waals surface area contributed by atoms with Crippen LogP contribution < -0.4 is 0 Å². The molecule has 0 spiro atoms. The van der Waals surface area contributed by atoms with Gasteiger partial charge in [-0.25, -0.2) is 8.42 Å². The molecule has 0 bridgehead atoms. The predicted molar refractivity (Wildman–Crippen MR) is 82.2 cm³/mol. The Balaban J connectivity index is 1.76. The molecule has 0 saturated carbocycles. The van der Waals surface area contributed by atoms with E-state index in [4.69, 9.17) is 0 Å². The standard InChI is InChI=1S/C14H22N4O3S/c1-16-6-8-18(9-7-16)22(20,21)12-10-13(15-11-12)14(19)17-4-2-3-5-17/h10-11,15H,2-9H2,1H3. The van der Waals surface area contributed by atoms with Crippen molar-refractivity contribution in [2.75, 3.05) is 46.3 Å². The molecule has 2 aliphatic heterocycles. The average molecular weight is 326 g/mol. The van der Waals surface area contributed by atoms with Crippen LogP contribution in [0.5, 0.6) is 0 Å². The summed E-state index contributed by atoms with van der Waals surface area (Å²) in [4.78, 5) is 19.2. The van der Waals surface area contributed by atoms with E-state index in [2.05, 4.69) is 9.88 Å². The molecule has 1 N–H and O–H groups in total. The molecule has 122 valence electrons. The molecule has 0 atom stereocenters. The molecule has 0 aliphatic carbocycles. The fourth-order valence-corrected chi connectivity index (χ4v) is 4.33. The minimum atomic E-state index is -3.52. The Kier molecular flexibility index (Phi) is 4.24. The van der Waals surface area contributed by atoms with E-state index >= 15 is 0 Å². The van der Waals surface area contributed by atoms with E-state index in [-0.39, 0.29) is 10.8 Å². The molecule has 3 rings (SSSR count). The molecule has 1 aromatic heterocycles. The van der Waals surface area contributed by atoms with Crippen LogP contribution in [0.1, 0.15) is 23.3 Å². The van der Waals surface area contributed by atoms with Crippen molar-refractivity contribution in [3.05, 3.63) is 18.0 Å². The third-order valence-electron chi connectivity index (χ3n) is 4.38. The number of amides is 1. The van der Waals surface area contributed by atoms with Crippen molar-refractivity contribution in [2.45, 2.75) is 17.7 Å². The number of carbonyl (C=O) groups is 1. The summed E-state index contributed by atoms with van der Waals surface area (Å²) in [5.41, 5.74) is 0.356. The molecule has 2 saturated heterocycles. The topological polar surface area (TPSA) is 76.7 Å². The summed E-state index contributed by atoms with van der Waals surface area (Å²) in [5, 5.41) is 0. The molecule has 0 unspecified atom stereocenters. The molecular formula is C14H22N4O3S. The van der Waals surface area contributed by atoms with Gasteiger partial charge in [0.2, 0.25) is 10.0 Å². The molecular weight excluding hydrogens is 304 g/mol. The molecule has 8 heteroatoms. The van der Waals surface area contributed by atoms with Crippen molar-refractivity contribution in [3.63, 3.8) is 0 Å². The first kappa shape index (κ1) is 15.5. The Labute approximate surface area is 130 Å². The maximum atomic E-state index is 12.6. The number of sulfonamides is 1. The smallest absolute Gasteiger partial charge is 0.270 e. The monoisotopic (exact) mass is 326 g/mol. The first-order valence-electron chi connectivity index (χ1n) is 7.65. The van der Waals surface area contributed by atoms with Gasteiger partial charge in [0, 0.05) is 45.5 Å². The van der Waals surface area contributed by atoms with Crippen LogP contribution in [0.25, 0.3) is 0 Å². The lowest BCUT2D eigenvalue weighted by atomic mass is 10.4. The van der Waals surface area contributed by atoms with Crippen LogP contribution in [0.4, 0.5) is 0 Å². The van der Waals surface area contributed by atoms with Crippen molar-refractivity contribution < 1.29 is 13.2 Å². The van der Waals surface area contributed by atoms with Gasteiger partial charge in [-0.1, -0.05) is 0 Å². The summed E-state index contributed by atoms with van der Waals surface area (Å²) in [6.45, 7) is 3.92. The Morgan fingerprint density at radius 1 is 1.09 bits per heavy atom. The number of likely N-dealkylation sites (N-methyl/N-ethyl adjacent to an activating group) is 1. The first-order chi connectivity index (χ1) is 10.5. The highest BCUT2D eigenvalue weighted by molar-refractivity contribution is 7.89. The minimum Gasteiger partial charge on any atom is -0.356 e. The van der Waals surface area contributed by atoms with Crippen molar-refractivity contribution in [3.8, 4) is 0 Å². The number of likely N-dealkylation sites (tertiary alicyclic amines) is 1. The normalized spacial score (nSPS) is 21.4. The zero-order chi connectivity index (χ0) is 15.7. The number of aromatic nitrogens is 1. The summed E-state index contributed by atoms with van der Waals surface area (Å²) >= 11 is 0. The maximum absolute atomic E-state index is 12.6. The predicted octanol–water partition coefficient (Wildman–Crippen LogP) is 0.187. The van der Waals surface area contributed by atoms with Crippen molar-refractivity contribution in [2.24, 2.45) is 0 Å². The Morgan fingerprint density at radius 2 is 1.73 bits per heavy atom. The molecule has 2 fully saturated rings. The van der Waals surface area contributed by atoms with Crippen molar-refractivity contribution in [1.29, 1.82) is 0 Å². The van der Waals surface area contributed by atoms with Gasteiger partial charge in [-0.2, -0.15) is 4.31 Å². The molecule has 7 nitrogen and oxygen atoms in total. The number of hydrogen-bond acceptors (Lipinski definition) is 4. The SMILES string of the molecule is CN1CCN(S(=O)(=O)c2c[nH]c(C(=O)N3CCCC3)c2)CC1. The van der Waals surface area contributed by atoms with Gasteiger partial charge >= 0.3 is 0 Å². The lowest BCUT2D eigenvalue weighted by Gasteiger charge is -2.31. The van der Waals surface area contributed by atoms with Gasteiger partial charge < -0.3 is 14.8 Å². The lowest BCUT2D eigenvalue weighted by Crippen LogP contribution is -2.46. The zero-order valence-electron chi connectivity index (χ0n) is 12.8. The quantitative estimate of drug-likeness (QED) is 0.860. The Morgan fingerprint density at radius 3 is 2.36 bits per heavy atom. The highest BCUT2D eigenvalue weighted by atomic mass is 32.2. The number of aromatic amines is 1. The summed E-state index contributed by atoms with van der Waals surface area (Å²) in [7, 11) is -1.54. The summed E-state index contributed by atoms with van der Waals surface area (Å²) in [5.74, 6) is -0.114. The second-order valence-electron chi connectivity index (χ2n) is 5.96. The molecule has 2 aliphatic rings. The second kappa shape index (κ2) is 6.02. The van der Waals surface area contributed by atoms with Crippen LogP contribution in [0.2, 0.25) is 0 Å². The fourth-order valence-electron chi connectivity index (χ4n) is 2.91. The van der Waals surface area contributed by atoms with E-state index in [0.29, 0.717) is 18.8 Å². The molecule has 22 heavy (non-hydrogen) atoms. The Hall–Kier alpha value is -1.38. The molecule has 0 aromatic carbocycles. The van der Waals surface area contributed by atoms with Crippen LogP contribution in [0, 0.1) is 0 Å². The van der Waals surface area contributed by atoms with Gasteiger partial charge in [0.05, 0.1) is 0 Å². The van der Waals surface area contributed by atoms with Gasteiger partial charge in [-0.3, -0.25) is 4.79 Å².